The SMILES string of the molecule is Cc1occc1C(=O)N[C@@H]1C(=O)N2[C@H]1SC(C)(C)[C@H]2C(=O)O. The zero-order valence-corrected chi connectivity index (χ0v) is 13.1. The number of hydrogen-bond donors (Lipinski definition) is 2. The van der Waals surface area contributed by atoms with Crippen LogP contribution in [0.4, 0.5) is 0 Å². The number of furan rings is 1. The summed E-state index contributed by atoms with van der Waals surface area (Å²) >= 11 is 1.40. The molecular weight excluding hydrogens is 308 g/mol. The van der Waals surface area contributed by atoms with E-state index in [0.717, 1.165) is 0 Å². The highest BCUT2D eigenvalue weighted by atomic mass is 32.2. The van der Waals surface area contributed by atoms with Crippen LogP contribution in [0, 0.1) is 6.92 Å². The van der Waals surface area contributed by atoms with E-state index in [2.05, 4.69) is 5.32 Å². The number of rotatable bonds is 3. The zero-order valence-electron chi connectivity index (χ0n) is 12.3. The molecule has 7 nitrogen and oxygen atoms in total. The smallest absolute Gasteiger partial charge is 0.327 e. The molecule has 3 atom stereocenters. The minimum Gasteiger partial charge on any atom is -0.480 e. The van der Waals surface area contributed by atoms with Gasteiger partial charge in [-0.2, -0.15) is 0 Å². The van der Waals surface area contributed by atoms with Gasteiger partial charge in [0.2, 0.25) is 5.91 Å². The van der Waals surface area contributed by atoms with Gasteiger partial charge in [-0.15, -0.1) is 11.8 Å². The van der Waals surface area contributed by atoms with E-state index in [-0.39, 0.29) is 17.2 Å². The van der Waals surface area contributed by atoms with Crippen molar-refractivity contribution >= 4 is 29.5 Å². The first-order valence-electron chi connectivity index (χ1n) is 6.82. The minimum atomic E-state index is -1.02. The molecule has 2 aliphatic rings. The van der Waals surface area contributed by atoms with Gasteiger partial charge < -0.3 is 19.7 Å². The molecule has 1 aromatic heterocycles. The maximum absolute atomic E-state index is 12.2. The zero-order chi connectivity index (χ0) is 16.2. The van der Waals surface area contributed by atoms with Crippen LogP contribution < -0.4 is 5.32 Å². The molecule has 2 aliphatic heterocycles. The van der Waals surface area contributed by atoms with Crippen molar-refractivity contribution < 1.29 is 23.9 Å². The van der Waals surface area contributed by atoms with Crippen LogP contribution in [0.25, 0.3) is 0 Å². The van der Waals surface area contributed by atoms with Gasteiger partial charge in [0.25, 0.3) is 5.91 Å². The van der Waals surface area contributed by atoms with Gasteiger partial charge in [-0.05, 0) is 26.8 Å². The summed E-state index contributed by atoms with van der Waals surface area (Å²) in [5.74, 6) is -1.29. The van der Waals surface area contributed by atoms with Crippen molar-refractivity contribution in [3.63, 3.8) is 0 Å². The van der Waals surface area contributed by atoms with E-state index >= 15 is 0 Å². The highest BCUT2D eigenvalue weighted by Gasteiger charge is 2.64. The maximum atomic E-state index is 12.2. The monoisotopic (exact) mass is 324 g/mol. The number of β-lactam (4-membered cyclic amide) rings is 1. The predicted molar refractivity (Wildman–Crippen MR) is 78.4 cm³/mol. The molecule has 0 bridgehead atoms. The van der Waals surface area contributed by atoms with Gasteiger partial charge in [0.1, 0.15) is 23.2 Å². The third kappa shape index (κ3) is 2.01. The second-order valence-electron chi connectivity index (χ2n) is 5.94. The van der Waals surface area contributed by atoms with Crippen LogP contribution in [0.5, 0.6) is 0 Å². The number of thioether (sulfide) groups is 1. The van der Waals surface area contributed by atoms with E-state index in [4.69, 9.17) is 4.42 Å². The number of nitrogens with zero attached hydrogens (tertiary/aromatic N) is 1. The number of carboxylic acid groups (broad SMARTS) is 1. The molecule has 2 saturated heterocycles. The van der Waals surface area contributed by atoms with E-state index in [1.165, 1.54) is 29.0 Å². The fraction of sp³-hybridized carbons (Fsp3) is 0.500. The number of amides is 2. The van der Waals surface area contributed by atoms with E-state index in [0.29, 0.717) is 11.3 Å². The summed E-state index contributed by atoms with van der Waals surface area (Å²) in [4.78, 5) is 37.2. The molecule has 2 fully saturated rings. The molecule has 3 heterocycles. The highest BCUT2D eigenvalue weighted by Crippen LogP contribution is 2.50. The Morgan fingerprint density at radius 2 is 2.14 bits per heavy atom. The first-order valence-corrected chi connectivity index (χ1v) is 7.70. The molecule has 8 heteroatoms. The summed E-state index contributed by atoms with van der Waals surface area (Å²) < 4.78 is 4.47. The Bertz CT molecular complexity index is 668. The Labute approximate surface area is 131 Å². The second-order valence-corrected chi connectivity index (χ2v) is 7.71. The molecule has 0 radical (unpaired) electrons. The molecule has 2 amide bonds. The molecule has 0 aromatic carbocycles. The van der Waals surface area contributed by atoms with Gasteiger partial charge in [0, 0.05) is 4.75 Å². The van der Waals surface area contributed by atoms with Gasteiger partial charge in [0.15, 0.2) is 0 Å². The minimum absolute atomic E-state index is 0.347. The average molecular weight is 324 g/mol. The summed E-state index contributed by atoms with van der Waals surface area (Å²) in [6, 6.07) is -0.0357. The Morgan fingerprint density at radius 3 is 2.68 bits per heavy atom. The quantitative estimate of drug-likeness (QED) is 0.799. The first kappa shape index (κ1) is 15.0. The largest absolute Gasteiger partial charge is 0.480 e. The summed E-state index contributed by atoms with van der Waals surface area (Å²) in [5, 5.41) is 11.7. The molecule has 0 unspecified atom stereocenters. The van der Waals surface area contributed by atoms with E-state index < -0.39 is 22.8 Å². The van der Waals surface area contributed by atoms with Crippen molar-refractivity contribution in [3.8, 4) is 0 Å². The number of hydrogen-bond acceptors (Lipinski definition) is 5. The third-order valence-corrected chi connectivity index (χ3v) is 5.64. The Morgan fingerprint density at radius 1 is 1.45 bits per heavy atom. The van der Waals surface area contributed by atoms with Gasteiger partial charge in [-0.3, -0.25) is 9.59 Å². The van der Waals surface area contributed by atoms with Gasteiger partial charge >= 0.3 is 5.97 Å². The van der Waals surface area contributed by atoms with Crippen LogP contribution in [-0.4, -0.2) is 50.0 Å². The number of fused-ring (bicyclic) bond motifs is 1. The summed E-state index contributed by atoms with van der Waals surface area (Å²) in [6.07, 6.45) is 1.41. The van der Waals surface area contributed by atoms with Crippen LogP contribution in [0.3, 0.4) is 0 Å². The number of carbonyl (C=O) groups excluding carboxylic acids is 2. The molecule has 1 aromatic rings. The number of carboxylic acids is 1. The number of aryl methyl sites for hydroxylation is 1. The summed E-state index contributed by atoms with van der Waals surface area (Å²) in [5.41, 5.74) is 0.378. The lowest BCUT2D eigenvalue weighted by Crippen LogP contribution is -2.70. The fourth-order valence-electron chi connectivity index (χ4n) is 2.98. The lowest BCUT2D eigenvalue weighted by atomic mass is 9.96. The summed E-state index contributed by atoms with van der Waals surface area (Å²) in [7, 11) is 0. The summed E-state index contributed by atoms with van der Waals surface area (Å²) in [6.45, 7) is 5.25. The molecule has 0 spiro atoms. The average Bonchev–Trinajstić information content (AvgIpc) is 2.95. The van der Waals surface area contributed by atoms with Crippen LogP contribution in [0.2, 0.25) is 0 Å². The predicted octanol–water partition coefficient (Wildman–Crippen LogP) is 0.833. The number of nitrogens with one attached hydrogen (secondary N) is 1. The van der Waals surface area contributed by atoms with E-state index in [9.17, 15) is 19.5 Å². The van der Waals surface area contributed by atoms with Crippen molar-refractivity contribution in [2.45, 2.75) is 43.0 Å². The van der Waals surface area contributed by atoms with Crippen LogP contribution in [0.1, 0.15) is 30.0 Å². The standard InChI is InChI=1S/C14H16N2O5S/c1-6-7(4-5-21-6)10(17)15-8-11(18)16-9(13(19)20)14(2,3)22-12(8)16/h4-5,8-9,12H,1-3H3,(H,15,17)(H,19,20)/t8-,9-,12+/m1/s1. The third-order valence-electron chi connectivity index (χ3n) is 4.06. The maximum Gasteiger partial charge on any atom is 0.327 e. The highest BCUT2D eigenvalue weighted by molar-refractivity contribution is 8.01. The van der Waals surface area contributed by atoms with Crippen LogP contribution >= 0.6 is 11.8 Å². The molecule has 118 valence electrons. The first-order chi connectivity index (χ1) is 10.2. The lowest BCUT2D eigenvalue weighted by molar-refractivity contribution is -0.159. The molecule has 0 aliphatic carbocycles. The van der Waals surface area contributed by atoms with Crippen molar-refractivity contribution in [2.75, 3.05) is 0 Å². The topological polar surface area (TPSA) is 99.9 Å². The van der Waals surface area contributed by atoms with E-state index in [1.54, 1.807) is 20.8 Å². The van der Waals surface area contributed by atoms with Gasteiger partial charge in [0.05, 0.1) is 11.8 Å². The van der Waals surface area contributed by atoms with Crippen molar-refractivity contribution in [3.05, 3.63) is 23.7 Å². The van der Waals surface area contributed by atoms with Crippen molar-refractivity contribution in [1.82, 2.24) is 10.2 Å². The van der Waals surface area contributed by atoms with Crippen LogP contribution in [0.15, 0.2) is 16.7 Å². The van der Waals surface area contributed by atoms with Crippen LogP contribution in [-0.2, 0) is 9.59 Å². The normalized spacial score (nSPS) is 29.0. The molecule has 3 rings (SSSR count). The Hall–Kier alpha value is -1.96. The molecule has 0 saturated carbocycles. The second kappa shape index (κ2) is 4.77. The Kier molecular flexibility index (Phi) is 3.24. The fourth-order valence-corrected chi connectivity index (χ4v) is 4.61. The lowest BCUT2D eigenvalue weighted by Gasteiger charge is -2.43. The van der Waals surface area contributed by atoms with Crippen molar-refractivity contribution in [2.24, 2.45) is 0 Å². The number of carbonyl (C=O) groups is 3. The molecule has 2 N–H and O–H groups in total. The van der Waals surface area contributed by atoms with Crippen molar-refractivity contribution in [1.29, 1.82) is 0 Å². The Balaban J connectivity index is 1.77. The molecular formula is C14H16N2O5S. The van der Waals surface area contributed by atoms with Gasteiger partial charge in [-0.1, -0.05) is 0 Å². The van der Waals surface area contributed by atoms with Gasteiger partial charge in [-0.25, -0.2) is 4.79 Å². The molecule has 22 heavy (non-hydrogen) atoms. The number of aliphatic carboxylic acids is 1. The van der Waals surface area contributed by atoms with E-state index in [1.807, 2.05) is 0 Å².